The fourth-order valence-electron chi connectivity index (χ4n) is 0.549. The van der Waals surface area contributed by atoms with Crippen LogP contribution < -0.4 is 10.5 Å². The molecule has 5 heteroatoms. The maximum absolute atomic E-state index is 10.5. The number of nitrogens with zero attached hydrogens (tertiary/aromatic N) is 2. The maximum atomic E-state index is 10.5. The van der Waals surface area contributed by atoms with Crippen molar-refractivity contribution in [3.05, 3.63) is 18.2 Å². The van der Waals surface area contributed by atoms with Crippen molar-refractivity contribution in [2.24, 2.45) is 5.73 Å². The normalized spacial score (nSPS) is 9.18. The smallest absolute Gasteiger partial charge is 0.286 e. The second-order valence-electron chi connectivity index (χ2n) is 1.81. The van der Waals surface area contributed by atoms with Crippen LogP contribution in [0.1, 0.15) is 10.6 Å². The lowest BCUT2D eigenvalue weighted by Crippen LogP contribution is -2.14. The molecular weight excluding hydrogens is 146 g/mol. The fourth-order valence-corrected chi connectivity index (χ4v) is 0.549. The molecule has 0 spiro atoms. The highest BCUT2D eigenvalue weighted by atomic mass is 16.5. The van der Waals surface area contributed by atoms with Crippen molar-refractivity contribution in [1.82, 2.24) is 9.97 Å². The van der Waals surface area contributed by atoms with Crippen LogP contribution in [0.25, 0.3) is 0 Å². The zero-order valence-electron chi connectivity index (χ0n) is 5.94. The fraction of sp³-hybridized carbons (Fsp3) is 0.167. The Kier molecular flexibility index (Phi) is 2.00. The van der Waals surface area contributed by atoms with Gasteiger partial charge in [-0.05, 0) is 0 Å². The van der Waals surface area contributed by atoms with E-state index in [9.17, 15) is 4.79 Å². The highest BCUT2D eigenvalue weighted by Gasteiger charge is 2.02. The average Bonchev–Trinajstić information content (AvgIpc) is 2.05. The molecule has 1 heterocycles. The number of hydrogen-bond donors (Lipinski definition) is 1. The Labute approximate surface area is 63.2 Å². The summed E-state index contributed by atoms with van der Waals surface area (Å²) < 4.78 is 4.77. The van der Waals surface area contributed by atoms with Crippen LogP contribution in [0.15, 0.2) is 12.4 Å². The van der Waals surface area contributed by atoms with E-state index < -0.39 is 5.91 Å². The number of carbonyl (C=O) groups is 1. The Balaban J connectivity index is 2.91. The topological polar surface area (TPSA) is 78.1 Å². The number of rotatable bonds is 2. The molecule has 0 atom stereocenters. The Morgan fingerprint density at radius 2 is 2.09 bits per heavy atom. The number of aromatic nitrogens is 2. The van der Waals surface area contributed by atoms with E-state index in [1.54, 1.807) is 0 Å². The van der Waals surface area contributed by atoms with Crippen molar-refractivity contribution in [2.45, 2.75) is 0 Å². The highest BCUT2D eigenvalue weighted by Crippen LogP contribution is 2.03. The maximum Gasteiger partial charge on any atom is 0.286 e. The summed E-state index contributed by atoms with van der Waals surface area (Å²) >= 11 is 0. The van der Waals surface area contributed by atoms with Crippen molar-refractivity contribution in [3.63, 3.8) is 0 Å². The lowest BCUT2D eigenvalue weighted by Gasteiger charge is -1.96. The number of primary amides is 1. The summed E-state index contributed by atoms with van der Waals surface area (Å²) in [4.78, 5) is 17.7. The van der Waals surface area contributed by atoms with Gasteiger partial charge >= 0.3 is 0 Å². The van der Waals surface area contributed by atoms with E-state index in [0.29, 0.717) is 5.75 Å². The van der Waals surface area contributed by atoms with Gasteiger partial charge in [-0.25, -0.2) is 9.97 Å². The second kappa shape index (κ2) is 2.96. The molecule has 5 nitrogen and oxygen atoms in total. The molecule has 0 aliphatic heterocycles. The SMILES string of the molecule is COc1cnc(C(N)=O)nc1. The number of ether oxygens (including phenoxy) is 1. The first-order chi connectivity index (χ1) is 5.24. The Morgan fingerprint density at radius 3 is 2.45 bits per heavy atom. The van der Waals surface area contributed by atoms with Gasteiger partial charge in [0.05, 0.1) is 19.5 Å². The van der Waals surface area contributed by atoms with E-state index in [-0.39, 0.29) is 5.82 Å². The number of amides is 1. The molecule has 0 saturated carbocycles. The number of methoxy groups -OCH3 is 1. The minimum absolute atomic E-state index is 0.00852. The molecule has 0 radical (unpaired) electrons. The molecule has 1 rings (SSSR count). The van der Waals surface area contributed by atoms with Crippen LogP contribution in [-0.4, -0.2) is 23.0 Å². The van der Waals surface area contributed by atoms with Crippen LogP contribution in [0.3, 0.4) is 0 Å². The third kappa shape index (κ3) is 1.64. The molecule has 0 aliphatic rings. The summed E-state index contributed by atoms with van der Waals surface area (Å²) in [6, 6.07) is 0. The minimum Gasteiger partial charge on any atom is -0.494 e. The zero-order valence-corrected chi connectivity index (χ0v) is 5.94. The lowest BCUT2D eigenvalue weighted by atomic mass is 10.5. The summed E-state index contributed by atoms with van der Waals surface area (Å²) in [5.74, 6) is -0.159. The second-order valence-corrected chi connectivity index (χ2v) is 1.81. The van der Waals surface area contributed by atoms with Gasteiger partial charge in [0.25, 0.3) is 5.91 Å². The van der Waals surface area contributed by atoms with E-state index in [0.717, 1.165) is 0 Å². The Hall–Kier alpha value is -1.65. The molecule has 1 aromatic heterocycles. The summed E-state index contributed by atoms with van der Waals surface area (Å²) in [5, 5.41) is 0. The third-order valence-corrected chi connectivity index (χ3v) is 1.08. The van der Waals surface area contributed by atoms with Crippen molar-refractivity contribution in [3.8, 4) is 5.75 Å². The summed E-state index contributed by atoms with van der Waals surface area (Å²) in [6.07, 6.45) is 2.76. The quantitative estimate of drug-likeness (QED) is 0.626. The van der Waals surface area contributed by atoms with Gasteiger partial charge in [0, 0.05) is 0 Å². The van der Waals surface area contributed by atoms with Crippen LogP contribution in [0.4, 0.5) is 0 Å². The molecule has 1 aromatic rings. The third-order valence-electron chi connectivity index (χ3n) is 1.08. The molecule has 1 amide bonds. The number of nitrogens with two attached hydrogens (primary N) is 1. The zero-order chi connectivity index (χ0) is 8.27. The molecule has 0 bridgehead atoms. The van der Waals surface area contributed by atoms with Crippen LogP contribution in [0.5, 0.6) is 5.75 Å². The van der Waals surface area contributed by atoms with Crippen LogP contribution in [0, 0.1) is 0 Å². The largest absolute Gasteiger partial charge is 0.494 e. The Morgan fingerprint density at radius 1 is 1.55 bits per heavy atom. The van der Waals surface area contributed by atoms with E-state index in [1.165, 1.54) is 19.5 Å². The summed E-state index contributed by atoms with van der Waals surface area (Å²) in [7, 11) is 1.49. The summed E-state index contributed by atoms with van der Waals surface area (Å²) in [5.41, 5.74) is 4.90. The van der Waals surface area contributed by atoms with E-state index in [1.807, 2.05) is 0 Å². The van der Waals surface area contributed by atoms with E-state index >= 15 is 0 Å². The number of hydrogen-bond acceptors (Lipinski definition) is 4. The van der Waals surface area contributed by atoms with Gasteiger partial charge in [-0.3, -0.25) is 4.79 Å². The molecule has 0 fully saturated rings. The number of carbonyl (C=O) groups excluding carboxylic acids is 1. The molecular formula is C6H7N3O2. The van der Waals surface area contributed by atoms with Crippen LogP contribution in [-0.2, 0) is 0 Å². The van der Waals surface area contributed by atoms with E-state index in [2.05, 4.69) is 9.97 Å². The van der Waals surface area contributed by atoms with Crippen LogP contribution >= 0.6 is 0 Å². The predicted molar refractivity (Wildman–Crippen MR) is 37.1 cm³/mol. The molecule has 0 saturated heterocycles. The molecule has 0 aromatic carbocycles. The molecule has 11 heavy (non-hydrogen) atoms. The van der Waals surface area contributed by atoms with Crippen molar-refractivity contribution in [1.29, 1.82) is 0 Å². The average molecular weight is 153 g/mol. The van der Waals surface area contributed by atoms with Crippen molar-refractivity contribution >= 4 is 5.91 Å². The summed E-state index contributed by atoms with van der Waals surface area (Å²) in [6.45, 7) is 0. The van der Waals surface area contributed by atoms with Gasteiger partial charge in [-0.1, -0.05) is 0 Å². The molecule has 0 aliphatic carbocycles. The van der Waals surface area contributed by atoms with Gasteiger partial charge < -0.3 is 10.5 Å². The van der Waals surface area contributed by atoms with Gasteiger partial charge in [0.2, 0.25) is 5.82 Å². The van der Waals surface area contributed by atoms with Gasteiger partial charge in [0.1, 0.15) is 0 Å². The van der Waals surface area contributed by atoms with Gasteiger partial charge in [0.15, 0.2) is 5.75 Å². The monoisotopic (exact) mass is 153 g/mol. The Bertz CT molecular complexity index is 257. The van der Waals surface area contributed by atoms with Crippen molar-refractivity contribution in [2.75, 3.05) is 7.11 Å². The highest BCUT2D eigenvalue weighted by molar-refractivity contribution is 5.88. The first kappa shape index (κ1) is 7.46. The standard InChI is InChI=1S/C6H7N3O2/c1-11-4-2-8-6(5(7)10)9-3-4/h2-3H,1H3,(H2,7,10). The van der Waals surface area contributed by atoms with Gasteiger partial charge in [-0.15, -0.1) is 0 Å². The lowest BCUT2D eigenvalue weighted by molar-refractivity contribution is 0.0990. The first-order valence-corrected chi connectivity index (χ1v) is 2.90. The molecule has 0 unspecified atom stereocenters. The minimum atomic E-state index is -0.646. The van der Waals surface area contributed by atoms with Crippen molar-refractivity contribution < 1.29 is 9.53 Å². The predicted octanol–water partition coefficient (Wildman–Crippen LogP) is -0.416. The first-order valence-electron chi connectivity index (χ1n) is 2.90. The molecule has 58 valence electrons. The van der Waals surface area contributed by atoms with Gasteiger partial charge in [-0.2, -0.15) is 0 Å². The molecule has 2 N–H and O–H groups in total. The van der Waals surface area contributed by atoms with E-state index in [4.69, 9.17) is 10.5 Å². The van der Waals surface area contributed by atoms with Crippen LogP contribution in [0.2, 0.25) is 0 Å².